The van der Waals surface area contributed by atoms with E-state index in [-0.39, 0.29) is 0 Å². The van der Waals surface area contributed by atoms with Crippen molar-refractivity contribution in [3.05, 3.63) is 79.1 Å². The zero-order valence-corrected chi connectivity index (χ0v) is 17.6. The lowest BCUT2D eigenvalue weighted by atomic mass is 10.2. The molecular formula is C25H23N7. The van der Waals surface area contributed by atoms with Crippen LogP contribution in [0.3, 0.4) is 0 Å². The topological polar surface area (TPSA) is 70.9 Å². The third-order valence-corrected chi connectivity index (χ3v) is 5.90. The molecule has 3 aromatic heterocycles. The summed E-state index contributed by atoms with van der Waals surface area (Å²) in [6.45, 7) is 4.00. The van der Waals surface area contributed by atoms with Gasteiger partial charge in [-0.05, 0) is 30.3 Å². The third-order valence-electron chi connectivity index (χ3n) is 5.90. The van der Waals surface area contributed by atoms with Crippen LogP contribution in [-0.2, 0) is 0 Å². The molecule has 4 heterocycles. The molecule has 7 nitrogen and oxygen atoms in total. The first-order valence-electron chi connectivity index (χ1n) is 10.9. The van der Waals surface area contributed by atoms with Crippen LogP contribution in [0, 0.1) is 0 Å². The summed E-state index contributed by atoms with van der Waals surface area (Å²) in [7, 11) is 0. The van der Waals surface area contributed by atoms with Gasteiger partial charge in [0, 0.05) is 48.8 Å². The number of pyridine rings is 1. The van der Waals surface area contributed by atoms with E-state index in [4.69, 9.17) is 4.98 Å². The highest BCUT2D eigenvalue weighted by Crippen LogP contribution is 2.31. The van der Waals surface area contributed by atoms with E-state index in [1.165, 1.54) is 0 Å². The van der Waals surface area contributed by atoms with Gasteiger partial charge >= 0.3 is 0 Å². The fourth-order valence-corrected chi connectivity index (χ4v) is 4.33. The highest BCUT2D eigenvalue weighted by Gasteiger charge is 2.15. The molecule has 0 unspecified atom stereocenters. The molecule has 0 radical (unpaired) electrons. The van der Waals surface area contributed by atoms with Gasteiger partial charge in [-0.25, -0.2) is 9.97 Å². The summed E-state index contributed by atoms with van der Waals surface area (Å²) >= 11 is 0. The predicted molar refractivity (Wildman–Crippen MR) is 129 cm³/mol. The zero-order valence-electron chi connectivity index (χ0n) is 17.6. The fourth-order valence-electron chi connectivity index (χ4n) is 4.33. The monoisotopic (exact) mass is 421 g/mol. The minimum Gasteiger partial charge on any atom is -0.368 e. The molecule has 5 aromatic rings. The maximum Gasteiger partial charge on any atom is 0.230 e. The number of fused-ring (bicyclic) bond motifs is 3. The standard InChI is InChI=1S/C25H23N7/c1-2-6-18(7-3-1)32-22-9-5-4-8-20(22)21-17-28-25(30-24(21)32)29-23-11-10-19(16-27-23)31-14-12-26-13-15-31/h1-11,16-17,26H,12-15H2,(H,27,28,29,30). The summed E-state index contributed by atoms with van der Waals surface area (Å²) in [6, 6.07) is 22.7. The maximum absolute atomic E-state index is 4.88. The molecule has 0 spiro atoms. The summed E-state index contributed by atoms with van der Waals surface area (Å²) in [6.07, 6.45) is 3.80. The summed E-state index contributed by atoms with van der Waals surface area (Å²) in [5, 5.41) is 8.81. The molecule has 1 aliphatic heterocycles. The quantitative estimate of drug-likeness (QED) is 0.455. The van der Waals surface area contributed by atoms with E-state index in [0.29, 0.717) is 5.95 Å². The molecule has 2 N–H and O–H groups in total. The highest BCUT2D eigenvalue weighted by atomic mass is 15.2. The number of rotatable bonds is 4. The van der Waals surface area contributed by atoms with Crippen molar-refractivity contribution in [1.29, 1.82) is 0 Å². The van der Waals surface area contributed by atoms with Gasteiger partial charge in [0.15, 0.2) is 5.65 Å². The Hall–Kier alpha value is -3.97. The fraction of sp³-hybridized carbons (Fsp3) is 0.160. The molecule has 6 rings (SSSR count). The molecule has 0 amide bonds. The SMILES string of the molecule is c1ccc(-n2c3ccccc3c3cnc(Nc4ccc(N5CCNCC5)cn4)nc32)cc1. The van der Waals surface area contributed by atoms with Crippen molar-refractivity contribution in [3.8, 4) is 5.69 Å². The Kier molecular flexibility index (Phi) is 4.66. The average Bonchev–Trinajstić information content (AvgIpc) is 3.19. The van der Waals surface area contributed by atoms with Crippen molar-refractivity contribution in [2.45, 2.75) is 0 Å². The van der Waals surface area contributed by atoms with Crippen LogP contribution in [0.2, 0.25) is 0 Å². The van der Waals surface area contributed by atoms with Gasteiger partial charge < -0.3 is 15.5 Å². The van der Waals surface area contributed by atoms with Crippen molar-refractivity contribution in [3.63, 3.8) is 0 Å². The van der Waals surface area contributed by atoms with Crippen molar-refractivity contribution >= 4 is 39.4 Å². The normalized spacial score (nSPS) is 14.2. The number of nitrogens with one attached hydrogen (secondary N) is 2. The van der Waals surface area contributed by atoms with Crippen LogP contribution in [-0.4, -0.2) is 45.7 Å². The number of piperazine rings is 1. The molecule has 0 aliphatic carbocycles. The lowest BCUT2D eigenvalue weighted by Gasteiger charge is -2.29. The van der Waals surface area contributed by atoms with Crippen molar-refractivity contribution < 1.29 is 0 Å². The molecule has 7 heteroatoms. The number of nitrogens with zero attached hydrogens (tertiary/aromatic N) is 5. The van der Waals surface area contributed by atoms with Gasteiger partial charge in [-0.2, -0.15) is 4.98 Å². The first-order chi connectivity index (χ1) is 15.9. The van der Waals surface area contributed by atoms with Crippen LogP contribution < -0.4 is 15.5 Å². The molecule has 0 bridgehead atoms. The lowest BCUT2D eigenvalue weighted by Crippen LogP contribution is -2.43. The molecule has 1 fully saturated rings. The zero-order chi connectivity index (χ0) is 21.3. The second-order valence-corrected chi connectivity index (χ2v) is 7.88. The van der Waals surface area contributed by atoms with E-state index in [9.17, 15) is 0 Å². The molecule has 1 aliphatic rings. The summed E-state index contributed by atoms with van der Waals surface area (Å²) in [4.78, 5) is 16.4. The van der Waals surface area contributed by atoms with Crippen LogP contribution in [0.1, 0.15) is 0 Å². The Labute approximate surface area is 185 Å². The Bertz CT molecular complexity index is 1370. The number of para-hydroxylation sites is 2. The minimum absolute atomic E-state index is 0.528. The maximum atomic E-state index is 4.88. The van der Waals surface area contributed by atoms with Crippen LogP contribution in [0.25, 0.3) is 27.6 Å². The van der Waals surface area contributed by atoms with Gasteiger partial charge in [0.1, 0.15) is 5.82 Å². The van der Waals surface area contributed by atoms with E-state index in [1.807, 2.05) is 42.7 Å². The third kappa shape index (κ3) is 3.33. The van der Waals surface area contributed by atoms with E-state index < -0.39 is 0 Å². The average molecular weight is 422 g/mol. The van der Waals surface area contributed by atoms with Crippen molar-refractivity contribution in [2.75, 3.05) is 36.4 Å². The highest BCUT2D eigenvalue weighted by molar-refractivity contribution is 6.07. The van der Waals surface area contributed by atoms with Gasteiger partial charge in [0.25, 0.3) is 0 Å². The van der Waals surface area contributed by atoms with Crippen LogP contribution >= 0.6 is 0 Å². The van der Waals surface area contributed by atoms with E-state index >= 15 is 0 Å². The second-order valence-electron chi connectivity index (χ2n) is 7.88. The van der Waals surface area contributed by atoms with Crippen LogP contribution in [0.15, 0.2) is 79.1 Å². The van der Waals surface area contributed by atoms with Gasteiger partial charge in [0.05, 0.1) is 17.4 Å². The predicted octanol–water partition coefficient (Wildman–Crippen LogP) is 4.12. The van der Waals surface area contributed by atoms with Gasteiger partial charge in [-0.3, -0.25) is 4.57 Å². The first-order valence-corrected chi connectivity index (χ1v) is 10.9. The van der Waals surface area contributed by atoms with Gasteiger partial charge in [-0.15, -0.1) is 0 Å². The number of hydrogen-bond acceptors (Lipinski definition) is 6. The molecular weight excluding hydrogens is 398 g/mol. The number of benzene rings is 2. The van der Waals surface area contributed by atoms with Crippen LogP contribution in [0.5, 0.6) is 0 Å². The number of hydrogen-bond donors (Lipinski definition) is 2. The molecule has 1 saturated heterocycles. The summed E-state index contributed by atoms with van der Waals surface area (Å²) < 4.78 is 2.18. The minimum atomic E-state index is 0.528. The Morgan fingerprint density at radius 3 is 2.38 bits per heavy atom. The smallest absolute Gasteiger partial charge is 0.230 e. The Morgan fingerprint density at radius 1 is 0.750 bits per heavy atom. The first kappa shape index (κ1) is 18.8. The molecule has 2 aromatic carbocycles. The second kappa shape index (κ2) is 7.94. The van der Waals surface area contributed by atoms with Gasteiger partial charge in [-0.1, -0.05) is 36.4 Å². The van der Waals surface area contributed by atoms with E-state index in [0.717, 1.165) is 65.3 Å². The van der Waals surface area contributed by atoms with E-state index in [1.54, 1.807) is 0 Å². The largest absolute Gasteiger partial charge is 0.368 e. The van der Waals surface area contributed by atoms with Gasteiger partial charge in [0.2, 0.25) is 5.95 Å². The molecule has 32 heavy (non-hydrogen) atoms. The summed E-state index contributed by atoms with van der Waals surface area (Å²) in [5.41, 5.74) is 4.19. The molecule has 158 valence electrons. The number of anilines is 3. The van der Waals surface area contributed by atoms with Crippen molar-refractivity contribution in [1.82, 2.24) is 24.8 Å². The summed E-state index contributed by atoms with van der Waals surface area (Å²) in [5.74, 6) is 1.26. The molecule has 0 atom stereocenters. The Morgan fingerprint density at radius 2 is 1.56 bits per heavy atom. The van der Waals surface area contributed by atoms with Crippen LogP contribution in [0.4, 0.5) is 17.5 Å². The Balaban J connectivity index is 1.37. The van der Waals surface area contributed by atoms with Crippen molar-refractivity contribution in [2.24, 2.45) is 0 Å². The number of aromatic nitrogens is 4. The lowest BCUT2D eigenvalue weighted by molar-refractivity contribution is 0.589. The molecule has 0 saturated carbocycles. The van der Waals surface area contributed by atoms with E-state index in [2.05, 4.69) is 66.5 Å².